The molecule has 4 aromatic rings. The second-order valence-corrected chi connectivity index (χ2v) is 8.11. The maximum atomic E-state index is 11.9. The summed E-state index contributed by atoms with van der Waals surface area (Å²) in [5, 5.41) is 3.18. The highest BCUT2D eigenvalue weighted by molar-refractivity contribution is 6.38. The number of nitrogens with two attached hydrogens (primary N) is 1. The molecule has 4 aromatic carbocycles. The topological polar surface area (TPSA) is 111 Å². The van der Waals surface area contributed by atoms with Gasteiger partial charge in [0, 0.05) is 5.56 Å². The quantitative estimate of drug-likeness (QED) is 0.143. The minimum atomic E-state index is -0.639. The summed E-state index contributed by atoms with van der Waals surface area (Å²) in [6, 6.07) is 30.5. The van der Waals surface area contributed by atoms with Gasteiger partial charge < -0.3 is 10.5 Å². The SMILES string of the molecule is NC(=Nc1c(Cl)cccc1Cl)NC(=O)c1ccccc1.O=C(OC(=O)c1ccccc1)c1ccccc1. The molecule has 0 unspecified atom stereocenters. The molecule has 37 heavy (non-hydrogen) atoms. The fourth-order valence-electron chi connectivity index (χ4n) is 2.87. The molecule has 0 aliphatic rings. The van der Waals surface area contributed by atoms with E-state index in [4.69, 9.17) is 33.7 Å². The second kappa shape index (κ2) is 13.6. The summed E-state index contributed by atoms with van der Waals surface area (Å²) in [6.07, 6.45) is 0. The molecule has 9 heteroatoms. The molecule has 0 heterocycles. The molecule has 0 aromatic heterocycles. The number of nitrogens with one attached hydrogen (secondary N) is 1. The number of amides is 1. The standard InChI is InChI=1S/C14H11Cl2N3O.C14H10O3/c15-10-7-4-8-11(16)12(10)18-14(17)19-13(20)9-5-2-1-3-6-9;15-13(11-7-3-1-4-8-11)17-14(16)12-9-5-2-6-10-12/h1-8H,(H3,17,18,19,20);1-10H. The van der Waals surface area contributed by atoms with Gasteiger partial charge in [0.2, 0.25) is 5.96 Å². The zero-order chi connectivity index (χ0) is 26.6. The zero-order valence-electron chi connectivity index (χ0n) is 19.3. The van der Waals surface area contributed by atoms with Gasteiger partial charge in [-0.3, -0.25) is 10.1 Å². The maximum Gasteiger partial charge on any atom is 0.346 e. The average Bonchev–Trinajstić information content (AvgIpc) is 2.92. The second-order valence-electron chi connectivity index (χ2n) is 7.30. The molecule has 1 amide bonds. The van der Waals surface area contributed by atoms with E-state index >= 15 is 0 Å². The number of guanidine groups is 1. The molecule has 0 bridgehead atoms. The van der Waals surface area contributed by atoms with Crippen LogP contribution in [0.2, 0.25) is 10.0 Å². The van der Waals surface area contributed by atoms with Crippen molar-refractivity contribution < 1.29 is 19.1 Å². The number of aliphatic imine (C=N–C) groups is 1. The number of esters is 2. The zero-order valence-corrected chi connectivity index (χ0v) is 20.8. The molecule has 186 valence electrons. The van der Waals surface area contributed by atoms with Gasteiger partial charge in [-0.15, -0.1) is 0 Å². The van der Waals surface area contributed by atoms with E-state index in [1.165, 1.54) is 0 Å². The molecule has 7 nitrogen and oxygen atoms in total. The summed E-state index contributed by atoms with van der Waals surface area (Å²) < 4.78 is 4.74. The third-order valence-electron chi connectivity index (χ3n) is 4.65. The normalized spacial score (nSPS) is 10.5. The van der Waals surface area contributed by atoms with Gasteiger partial charge in [0.15, 0.2) is 0 Å². The molecule has 0 aliphatic carbocycles. The van der Waals surface area contributed by atoms with Crippen LogP contribution in [-0.2, 0) is 4.74 Å². The van der Waals surface area contributed by atoms with Crippen LogP contribution >= 0.6 is 23.2 Å². The van der Waals surface area contributed by atoms with Crippen molar-refractivity contribution in [3.8, 4) is 0 Å². The highest BCUT2D eigenvalue weighted by Gasteiger charge is 2.14. The van der Waals surface area contributed by atoms with Gasteiger partial charge in [-0.05, 0) is 48.5 Å². The average molecular weight is 534 g/mol. The molecule has 0 spiro atoms. The number of halogens is 2. The fourth-order valence-corrected chi connectivity index (χ4v) is 3.35. The summed E-state index contributed by atoms with van der Waals surface area (Å²) in [5.74, 6) is -1.71. The summed E-state index contributed by atoms with van der Waals surface area (Å²) in [7, 11) is 0. The summed E-state index contributed by atoms with van der Waals surface area (Å²) >= 11 is 11.9. The van der Waals surface area contributed by atoms with Gasteiger partial charge in [-0.25, -0.2) is 14.6 Å². The van der Waals surface area contributed by atoms with Crippen LogP contribution in [0, 0.1) is 0 Å². The number of carbonyl (C=O) groups excluding carboxylic acids is 3. The molecule has 0 aliphatic heterocycles. The first kappa shape index (κ1) is 27.1. The third-order valence-corrected chi connectivity index (χ3v) is 5.26. The monoisotopic (exact) mass is 533 g/mol. The minimum absolute atomic E-state index is 0.0751. The summed E-state index contributed by atoms with van der Waals surface area (Å²) in [4.78, 5) is 39.1. The number of ether oxygens (including phenoxy) is 1. The van der Waals surface area contributed by atoms with Crippen LogP contribution in [0.25, 0.3) is 0 Å². The van der Waals surface area contributed by atoms with Crippen molar-refractivity contribution in [3.05, 3.63) is 136 Å². The van der Waals surface area contributed by atoms with E-state index in [1.807, 2.05) is 6.07 Å². The van der Waals surface area contributed by atoms with Gasteiger partial charge in [0.25, 0.3) is 5.91 Å². The molecule has 0 saturated heterocycles. The van der Waals surface area contributed by atoms with Crippen LogP contribution < -0.4 is 11.1 Å². The molecule has 0 radical (unpaired) electrons. The van der Waals surface area contributed by atoms with E-state index in [-0.39, 0.29) is 11.9 Å². The molecule has 4 rings (SSSR count). The number of hydrogen-bond acceptors (Lipinski definition) is 5. The lowest BCUT2D eigenvalue weighted by Gasteiger charge is -2.06. The smallest absolute Gasteiger partial charge is 0.346 e. The number of benzene rings is 4. The van der Waals surface area contributed by atoms with E-state index in [0.29, 0.717) is 32.4 Å². The highest BCUT2D eigenvalue weighted by atomic mass is 35.5. The Bertz CT molecular complexity index is 1330. The number of carbonyl (C=O) groups is 3. The number of rotatable bonds is 4. The molecule has 0 fully saturated rings. The van der Waals surface area contributed by atoms with E-state index in [0.717, 1.165) is 0 Å². The Balaban J connectivity index is 0.000000208. The van der Waals surface area contributed by atoms with Gasteiger partial charge in [-0.2, -0.15) is 0 Å². The van der Waals surface area contributed by atoms with E-state index in [1.54, 1.807) is 103 Å². The predicted octanol–water partition coefficient (Wildman–Crippen LogP) is 6.05. The number of para-hydroxylation sites is 1. The Kier molecular flexibility index (Phi) is 9.96. The van der Waals surface area contributed by atoms with Crippen LogP contribution in [0.15, 0.2) is 114 Å². The first-order chi connectivity index (χ1) is 17.8. The van der Waals surface area contributed by atoms with Crippen LogP contribution in [0.5, 0.6) is 0 Å². The van der Waals surface area contributed by atoms with Gasteiger partial charge >= 0.3 is 11.9 Å². The largest absolute Gasteiger partial charge is 0.386 e. The van der Waals surface area contributed by atoms with Crippen LogP contribution in [0.1, 0.15) is 31.1 Å². The molecule has 0 saturated carbocycles. The first-order valence-electron chi connectivity index (χ1n) is 10.9. The summed E-state index contributed by atoms with van der Waals surface area (Å²) in [6.45, 7) is 0. The fraction of sp³-hybridized carbons (Fsp3) is 0. The van der Waals surface area contributed by atoms with Crippen LogP contribution in [0.3, 0.4) is 0 Å². The lowest BCUT2D eigenvalue weighted by molar-refractivity contribution is 0.0397. The molecule has 3 N–H and O–H groups in total. The Morgan fingerprint density at radius 2 is 1.03 bits per heavy atom. The van der Waals surface area contributed by atoms with Gasteiger partial charge in [0.05, 0.1) is 21.2 Å². The Hall–Kier alpha value is -4.46. The van der Waals surface area contributed by atoms with Crippen LogP contribution in [0.4, 0.5) is 5.69 Å². The minimum Gasteiger partial charge on any atom is -0.386 e. The summed E-state index contributed by atoms with van der Waals surface area (Å²) in [5.41, 5.74) is 7.20. The number of nitrogens with zero attached hydrogens (tertiary/aromatic N) is 1. The first-order valence-corrected chi connectivity index (χ1v) is 11.6. The van der Waals surface area contributed by atoms with Crippen molar-refractivity contribution in [2.75, 3.05) is 0 Å². The Morgan fingerprint density at radius 1 is 0.622 bits per heavy atom. The van der Waals surface area contributed by atoms with Crippen molar-refractivity contribution in [3.63, 3.8) is 0 Å². The molecular formula is C28H21Cl2N3O4. The highest BCUT2D eigenvalue weighted by Crippen LogP contribution is 2.32. The lowest BCUT2D eigenvalue weighted by Crippen LogP contribution is -2.36. The Morgan fingerprint density at radius 3 is 1.46 bits per heavy atom. The third kappa shape index (κ3) is 8.31. The van der Waals surface area contributed by atoms with E-state index in [2.05, 4.69) is 10.3 Å². The van der Waals surface area contributed by atoms with Crippen molar-refractivity contribution >= 4 is 52.7 Å². The maximum absolute atomic E-state index is 11.9. The lowest BCUT2D eigenvalue weighted by atomic mass is 10.2. The van der Waals surface area contributed by atoms with E-state index < -0.39 is 11.9 Å². The van der Waals surface area contributed by atoms with Gasteiger partial charge in [0.1, 0.15) is 5.69 Å². The van der Waals surface area contributed by atoms with Crippen molar-refractivity contribution in [2.45, 2.75) is 0 Å². The van der Waals surface area contributed by atoms with E-state index in [9.17, 15) is 14.4 Å². The van der Waals surface area contributed by atoms with Crippen LogP contribution in [-0.4, -0.2) is 23.8 Å². The molecular weight excluding hydrogens is 513 g/mol. The predicted molar refractivity (Wildman–Crippen MR) is 144 cm³/mol. The van der Waals surface area contributed by atoms with Crippen molar-refractivity contribution in [1.29, 1.82) is 0 Å². The molecule has 0 atom stereocenters. The van der Waals surface area contributed by atoms with Crippen molar-refractivity contribution in [2.24, 2.45) is 10.7 Å². The van der Waals surface area contributed by atoms with Crippen molar-refractivity contribution in [1.82, 2.24) is 5.32 Å². The number of hydrogen-bond donors (Lipinski definition) is 2. The van der Waals surface area contributed by atoms with Gasteiger partial charge in [-0.1, -0.05) is 83.9 Å². The Labute approximate surface area is 223 Å².